The largest absolute Gasteiger partial charge is 0.330 e. The minimum atomic E-state index is -0.359. The van der Waals surface area contributed by atoms with Crippen LogP contribution in [0.25, 0.3) is 0 Å². The van der Waals surface area contributed by atoms with E-state index in [1.807, 2.05) is 11.4 Å². The van der Waals surface area contributed by atoms with Gasteiger partial charge >= 0.3 is 0 Å². The van der Waals surface area contributed by atoms with Gasteiger partial charge in [-0.1, -0.05) is 23.7 Å². The molecule has 0 saturated heterocycles. The Morgan fingerprint density at radius 2 is 2.15 bits per heavy atom. The van der Waals surface area contributed by atoms with E-state index in [1.165, 1.54) is 17.4 Å². The molecule has 1 fully saturated rings. The molecule has 20 heavy (non-hydrogen) atoms. The highest BCUT2D eigenvalue weighted by Crippen LogP contribution is 2.32. The molecule has 0 aliphatic heterocycles. The number of hydrogen-bond acceptors (Lipinski definition) is 2. The molecule has 1 amide bonds. The maximum absolute atomic E-state index is 13.9. The van der Waals surface area contributed by atoms with Crippen LogP contribution in [0.3, 0.4) is 0 Å². The van der Waals surface area contributed by atoms with Crippen molar-refractivity contribution in [3.05, 3.63) is 57.0 Å². The smallest absolute Gasteiger partial charge is 0.264 e. The molecular formula is C15H13ClFNOS. The molecule has 0 bridgehead atoms. The standard InChI is InChI=1S/C15H13ClFNOS/c16-12-3-1-4-13(17)11(12)9-18(10-6-7-10)15(19)14-5-2-8-20-14/h1-5,8,10H,6-7,9H2. The number of rotatable bonds is 4. The molecule has 1 aromatic carbocycles. The first-order valence-corrected chi connectivity index (χ1v) is 7.70. The number of amides is 1. The Hall–Kier alpha value is -1.39. The summed E-state index contributed by atoms with van der Waals surface area (Å²) in [6, 6.07) is 8.46. The molecule has 1 saturated carbocycles. The summed E-state index contributed by atoms with van der Waals surface area (Å²) in [5.41, 5.74) is 0.394. The topological polar surface area (TPSA) is 20.3 Å². The molecule has 0 N–H and O–H groups in total. The van der Waals surface area contributed by atoms with Gasteiger partial charge in [0.1, 0.15) is 5.82 Å². The van der Waals surface area contributed by atoms with E-state index in [0.717, 1.165) is 12.8 Å². The van der Waals surface area contributed by atoms with E-state index in [9.17, 15) is 9.18 Å². The van der Waals surface area contributed by atoms with E-state index in [4.69, 9.17) is 11.6 Å². The Kier molecular flexibility index (Phi) is 3.76. The fraction of sp³-hybridized carbons (Fsp3) is 0.267. The van der Waals surface area contributed by atoms with E-state index < -0.39 is 0 Å². The minimum Gasteiger partial charge on any atom is -0.330 e. The van der Waals surface area contributed by atoms with Gasteiger partial charge in [0.05, 0.1) is 11.4 Å². The van der Waals surface area contributed by atoms with Gasteiger partial charge in [-0.25, -0.2) is 4.39 Å². The number of benzene rings is 1. The molecule has 0 atom stereocenters. The van der Waals surface area contributed by atoms with Crippen LogP contribution in [0.5, 0.6) is 0 Å². The van der Waals surface area contributed by atoms with Crippen molar-refractivity contribution in [3.8, 4) is 0 Å². The van der Waals surface area contributed by atoms with Crippen molar-refractivity contribution in [1.82, 2.24) is 4.90 Å². The van der Waals surface area contributed by atoms with Gasteiger partial charge in [0.15, 0.2) is 0 Å². The fourth-order valence-corrected chi connectivity index (χ4v) is 3.05. The van der Waals surface area contributed by atoms with E-state index in [2.05, 4.69) is 0 Å². The van der Waals surface area contributed by atoms with Gasteiger partial charge in [-0.2, -0.15) is 0 Å². The summed E-state index contributed by atoms with van der Waals surface area (Å²) in [5.74, 6) is -0.399. The third-order valence-corrected chi connectivity index (χ3v) is 4.58. The van der Waals surface area contributed by atoms with Crippen LogP contribution in [0.4, 0.5) is 4.39 Å². The van der Waals surface area contributed by atoms with Crippen LogP contribution < -0.4 is 0 Å². The predicted octanol–water partition coefficient (Wildman–Crippen LogP) is 4.35. The number of carbonyl (C=O) groups is 1. The summed E-state index contributed by atoms with van der Waals surface area (Å²) in [6.07, 6.45) is 1.95. The summed E-state index contributed by atoms with van der Waals surface area (Å²) in [6.45, 7) is 0.229. The first-order valence-electron chi connectivity index (χ1n) is 6.44. The average molecular weight is 310 g/mol. The molecule has 5 heteroatoms. The first kappa shape index (κ1) is 13.6. The maximum Gasteiger partial charge on any atom is 0.264 e. The summed E-state index contributed by atoms with van der Waals surface area (Å²) in [5, 5.41) is 2.24. The number of carbonyl (C=O) groups excluding carboxylic acids is 1. The Morgan fingerprint density at radius 3 is 2.75 bits per heavy atom. The lowest BCUT2D eigenvalue weighted by Crippen LogP contribution is -2.32. The number of thiophene rings is 1. The van der Waals surface area contributed by atoms with Crippen molar-refractivity contribution in [3.63, 3.8) is 0 Å². The van der Waals surface area contributed by atoms with Gasteiger partial charge in [0, 0.05) is 16.6 Å². The van der Waals surface area contributed by atoms with Crippen molar-refractivity contribution >= 4 is 28.8 Å². The fourth-order valence-electron chi connectivity index (χ4n) is 2.15. The van der Waals surface area contributed by atoms with Crippen molar-refractivity contribution < 1.29 is 9.18 Å². The van der Waals surface area contributed by atoms with Crippen LogP contribution in [0.15, 0.2) is 35.7 Å². The van der Waals surface area contributed by atoms with Gasteiger partial charge in [-0.3, -0.25) is 4.79 Å². The third kappa shape index (κ3) is 2.72. The van der Waals surface area contributed by atoms with Crippen molar-refractivity contribution in [2.24, 2.45) is 0 Å². The quantitative estimate of drug-likeness (QED) is 0.822. The maximum atomic E-state index is 13.9. The van der Waals surface area contributed by atoms with Gasteiger partial charge in [0.2, 0.25) is 0 Å². The van der Waals surface area contributed by atoms with Crippen LogP contribution in [-0.4, -0.2) is 16.8 Å². The van der Waals surface area contributed by atoms with Crippen molar-refractivity contribution in [2.45, 2.75) is 25.4 Å². The Balaban J connectivity index is 1.87. The van der Waals surface area contributed by atoms with E-state index in [1.54, 1.807) is 23.1 Å². The average Bonchev–Trinajstić information content (AvgIpc) is 3.11. The van der Waals surface area contributed by atoms with Crippen molar-refractivity contribution in [1.29, 1.82) is 0 Å². The minimum absolute atomic E-state index is 0.0400. The molecule has 2 nitrogen and oxygen atoms in total. The molecule has 0 spiro atoms. The van der Waals surface area contributed by atoms with Crippen molar-refractivity contribution in [2.75, 3.05) is 0 Å². The molecule has 1 aliphatic rings. The molecule has 0 radical (unpaired) electrons. The molecule has 1 heterocycles. The third-order valence-electron chi connectivity index (χ3n) is 3.37. The van der Waals surface area contributed by atoms with Crippen LogP contribution in [-0.2, 0) is 6.54 Å². The van der Waals surface area contributed by atoms with E-state index >= 15 is 0 Å². The molecule has 3 rings (SSSR count). The molecule has 104 valence electrons. The van der Waals surface area contributed by atoms with Gasteiger partial charge in [-0.15, -0.1) is 11.3 Å². The highest BCUT2D eigenvalue weighted by molar-refractivity contribution is 7.12. The second-order valence-electron chi connectivity index (χ2n) is 4.84. The van der Waals surface area contributed by atoms with Gasteiger partial charge in [-0.05, 0) is 36.4 Å². The number of hydrogen-bond donors (Lipinski definition) is 0. The lowest BCUT2D eigenvalue weighted by Gasteiger charge is -2.22. The normalized spacial score (nSPS) is 14.3. The van der Waals surface area contributed by atoms with Crippen LogP contribution in [0, 0.1) is 5.82 Å². The number of halogens is 2. The number of nitrogens with zero attached hydrogens (tertiary/aromatic N) is 1. The van der Waals surface area contributed by atoms with Gasteiger partial charge in [0.25, 0.3) is 5.91 Å². The monoisotopic (exact) mass is 309 g/mol. The molecule has 1 aromatic heterocycles. The summed E-state index contributed by atoms with van der Waals surface area (Å²) in [4.78, 5) is 14.9. The Bertz CT molecular complexity index is 605. The zero-order valence-electron chi connectivity index (χ0n) is 10.7. The molecule has 0 unspecified atom stereocenters. The van der Waals surface area contributed by atoms with E-state index in [-0.39, 0.29) is 24.3 Å². The molecule has 1 aliphatic carbocycles. The zero-order chi connectivity index (χ0) is 14.1. The van der Waals surface area contributed by atoms with E-state index in [0.29, 0.717) is 15.5 Å². The summed E-state index contributed by atoms with van der Waals surface area (Å²) in [7, 11) is 0. The summed E-state index contributed by atoms with van der Waals surface area (Å²) < 4.78 is 13.9. The Labute approximate surface area is 125 Å². The highest BCUT2D eigenvalue weighted by Gasteiger charge is 2.34. The Morgan fingerprint density at radius 1 is 1.35 bits per heavy atom. The lowest BCUT2D eigenvalue weighted by molar-refractivity contribution is 0.0733. The van der Waals surface area contributed by atoms with Gasteiger partial charge < -0.3 is 4.90 Å². The molecular weight excluding hydrogens is 297 g/mol. The second kappa shape index (κ2) is 5.54. The predicted molar refractivity (Wildman–Crippen MR) is 78.6 cm³/mol. The zero-order valence-corrected chi connectivity index (χ0v) is 12.3. The van der Waals surface area contributed by atoms with Crippen LogP contribution in [0.1, 0.15) is 28.1 Å². The van der Waals surface area contributed by atoms with Crippen LogP contribution >= 0.6 is 22.9 Å². The second-order valence-corrected chi connectivity index (χ2v) is 6.20. The highest BCUT2D eigenvalue weighted by atomic mass is 35.5. The lowest BCUT2D eigenvalue weighted by atomic mass is 10.2. The first-order chi connectivity index (χ1) is 9.66. The van der Waals surface area contributed by atoms with Crippen LogP contribution in [0.2, 0.25) is 5.02 Å². The SMILES string of the molecule is O=C(c1cccs1)N(Cc1c(F)cccc1Cl)C1CC1. The summed E-state index contributed by atoms with van der Waals surface area (Å²) >= 11 is 7.46. The molecule has 2 aromatic rings.